The van der Waals surface area contributed by atoms with Crippen molar-refractivity contribution in [2.24, 2.45) is 5.92 Å². The molecule has 0 spiro atoms. The predicted molar refractivity (Wildman–Crippen MR) is 80.0 cm³/mol. The minimum absolute atomic E-state index is 0.124. The average Bonchev–Trinajstić information content (AvgIpc) is 2.34. The van der Waals surface area contributed by atoms with Crippen LogP contribution in [0.1, 0.15) is 27.2 Å². The topological polar surface area (TPSA) is 58.6 Å². The van der Waals surface area contributed by atoms with Gasteiger partial charge in [0.05, 0.1) is 10.6 Å². The van der Waals surface area contributed by atoms with E-state index in [2.05, 4.69) is 5.32 Å². The molecular weight excluding hydrogens is 278 g/mol. The first-order chi connectivity index (χ1) is 9.30. The Morgan fingerprint density at radius 2 is 2.10 bits per heavy atom. The first-order valence-electron chi connectivity index (χ1n) is 6.66. The maximum Gasteiger partial charge on any atom is 0.258 e. The zero-order chi connectivity index (χ0) is 15.2. The zero-order valence-electron chi connectivity index (χ0n) is 12.1. The van der Waals surface area contributed by atoms with Gasteiger partial charge >= 0.3 is 0 Å². The summed E-state index contributed by atoms with van der Waals surface area (Å²) in [6, 6.07) is 6.97. The number of carbonyl (C=O) groups is 1. The highest BCUT2D eigenvalue weighted by atomic mass is 35.5. The molecule has 0 fully saturated rings. The van der Waals surface area contributed by atoms with Gasteiger partial charge in [0.1, 0.15) is 5.75 Å². The van der Waals surface area contributed by atoms with E-state index >= 15 is 0 Å². The number of hydrogen-bond donors (Lipinski definition) is 2. The van der Waals surface area contributed by atoms with Gasteiger partial charge in [0.2, 0.25) is 0 Å². The molecule has 4 nitrogen and oxygen atoms in total. The Balaban J connectivity index is 2.36. The summed E-state index contributed by atoms with van der Waals surface area (Å²) in [5.74, 6) is 0.550. The number of para-hydroxylation sites is 1. The molecular formula is C15H22ClNO3. The van der Waals surface area contributed by atoms with Crippen LogP contribution >= 0.6 is 11.6 Å². The Kier molecular flexibility index (Phi) is 6.30. The Morgan fingerprint density at radius 1 is 1.45 bits per heavy atom. The molecule has 0 radical (unpaired) electrons. The molecule has 0 saturated heterocycles. The fraction of sp³-hybridized carbons (Fsp3) is 0.533. The van der Waals surface area contributed by atoms with Gasteiger partial charge in [-0.1, -0.05) is 37.6 Å². The van der Waals surface area contributed by atoms with Crippen molar-refractivity contribution in [2.75, 3.05) is 13.2 Å². The van der Waals surface area contributed by atoms with Crippen LogP contribution in [0.15, 0.2) is 24.3 Å². The van der Waals surface area contributed by atoms with Crippen LogP contribution in [0.3, 0.4) is 0 Å². The highest BCUT2D eigenvalue weighted by Crippen LogP contribution is 2.22. The lowest BCUT2D eigenvalue weighted by Gasteiger charge is -2.25. The molecule has 0 aliphatic heterocycles. The van der Waals surface area contributed by atoms with Crippen LogP contribution in [0.5, 0.6) is 5.75 Å². The average molecular weight is 300 g/mol. The number of benzene rings is 1. The Bertz CT molecular complexity index is 446. The molecule has 0 aliphatic carbocycles. The first kappa shape index (κ1) is 16.8. The van der Waals surface area contributed by atoms with E-state index in [-0.39, 0.29) is 19.1 Å². The normalized spacial score (nSPS) is 13.9. The number of carbonyl (C=O) groups excluding carboxylic acids is 1. The Hall–Kier alpha value is -1.26. The minimum atomic E-state index is -0.909. The van der Waals surface area contributed by atoms with E-state index in [4.69, 9.17) is 16.3 Å². The van der Waals surface area contributed by atoms with Gasteiger partial charge in [-0.25, -0.2) is 0 Å². The molecule has 1 aromatic rings. The summed E-state index contributed by atoms with van der Waals surface area (Å²) in [6.07, 6.45) is 0.624. The van der Waals surface area contributed by atoms with Crippen molar-refractivity contribution < 1.29 is 14.6 Å². The van der Waals surface area contributed by atoms with Crippen molar-refractivity contribution in [1.29, 1.82) is 0 Å². The van der Waals surface area contributed by atoms with E-state index in [9.17, 15) is 9.90 Å². The van der Waals surface area contributed by atoms with E-state index < -0.39 is 5.60 Å². The van der Waals surface area contributed by atoms with Crippen LogP contribution in [0.25, 0.3) is 0 Å². The van der Waals surface area contributed by atoms with Gasteiger partial charge in [-0.3, -0.25) is 4.79 Å². The molecule has 0 heterocycles. The quantitative estimate of drug-likeness (QED) is 0.814. The second-order valence-electron chi connectivity index (χ2n) is 5.59. The fourth-order valence-electron chi connectivity index (χ4n) is 2.00. The van der Waals surface area contributed by atoms with Crippen LogP contribution in [0, 0.1) is 5.92 Å². The van der Waals surface area contributed by atoms with Crippen LogP contribution in [0.4, 0.5) is 0 Å². The Labute approximate surface area is 125 Å². The number of hydrogen-bond acceptors (Lipinski definition) is 3. The molecule has 0 bridgehead atoms. The van der Waals surface area contributed by atoms with Gasteiger partial charge in [0, 0.05) is 6.54 Å². The smallest absolute Gasteiger partial charge is 0.258 e. The lowest BCUT2D eigenvalue weighted by molar-refractivity contribution is -0.124. The van der Waals surface area contributed by atoms with E-state index in [1.54, 1.807) is 31.2 Å². The zero-order valence-corrected chi connectivity index (χ0v) is 12.9. The molecule has 5 heteroatoms. The molecule has 20 heavy (non-hydrogen) atoms. The number of nitrogens with one attached hydrogen (secondary N) is 1. The van der Waals surface area contributed by atoms with Crippen LogP contribution in [-0.4, -0.2) is 29.8 Å². The summed E-state index contributed by atoms with van der Waals surface area (Å²) in [7, 11) is 0. The minimum Gasteiger partial charge on any atom is -0.482 e. The van der Waals surface area contributed by atoms with Gasteiger partial charge in [-0.05, 0) is 31.4 Å². The van der Waals surface area contributed by atoms with Crippen molar-refractivity contribution in [2.45, 2.75) is 32.8 Å². The molecule has 2 N–H and O–H groups in total. The molecule has 112 valence electrons. The third-order valence-corrected chi connectivity index (χ3v) is 3.02. The SMILES string of the molecule is CC(C)CC(C)(O)CNC(=O)COc1ccccc1Cl. The molecule has 1 atom stereocenters. The van der Waals surface area contributed by atoms with Gasteiger partial charge in [0.25, 0.3) is 5.91 Å². The summed E-state index contributed by atoms with van der Waals surface area (Å²) in [5, 5.41) is 13.2. The third-order valence-electron chi connectivity index (χ3n) is 2.71. The molecule has 1 aromatic carbocycles. The second kappa shape index (κ2) is 7.50. The van der Waals surface area contributed by atoms with E-state index in [0.717, 1.165) is 0 Å². The van der Waals surface area contributed by atoms with Gasteiger partial charge in [-0.2, -0.15) is 0 Å². The fourth-order valence-corrected chi connectivity index (χ4v) is 2.19. The molecule has 1 unspecified atom stereocenters. The van der Waals surface area contributed by atoms with Crippen LogP contribution < -0.4 is 10.1 Å². The van der Waals surface area contributed by atoms with E-state index in [0.29, 0.717) is 23.1 Å². The number of halogens is 1. The van der Waals surface area contributed by atoms with Crippen molar-refractivity contribution in [3.05, 3.63) is 29.3 Å². The summed E-state index contributed by atoms with van der Waals surface area (Å²) in [6.45, 7) is 5.84. The van der Waals surface area contributed by atoms with Crippen molar-refractivity contribution in [3.63, 3.8) is 0 Å². The van der Waals surface area contributed by atoms with Crippen molar-refractivity contribution >= 4 is 17.5 Å². The van der Waals surface area contributed by atoms with Gasteiger partial charge in [-0.15, -0.1) is 0 Å². The number of rotatable bonds is 7. The lowest BCUT2D eigenvalue weighted by atomic mass is 9.94. The largest absolute Gasteiger partial charge is 0.482 e. The molecule has 1 rings (SSSR count). The molecule has 1 amide bonds. The molecule has 0 aliphatic rings. The number of aliphatic hydroxyl groups is 1. The van der Waals surface area contributed by atoms with E-state index in [1.165, 1.54) is 0 Å². The van der Waals surface area contributed by atoms with Gasteiger partial charge in [0.15, 0.2) is 6.61 Å². The first-order valence-corrected chi connectivity index (χ1v) is 7.04. The standard InChI is InChI=1S/C15H22ClNO3/c1-11(2)8-15(3,19)10-17-14(18)9-20-13-7-5-4-6-12(13)16/h4-7,11,19H,8-10H2,1-3H3,(H,17,18). The van der Waals surface area contributed by atoms with Crippen LogP contribution in [-0.2, 0) is 4.79 Å². The van der Waals surface area contributed by atoms with Crippen LogP contribution in [0.2, 0.25) is 5.02 Å². The summed E-state index contributed by atoms with van der Waals surface area (Å²) in [4.78, 5) is 11.7. The lowest BCUT2D eigenvalue weighted by Crippen LogP contribution is -2.43. The van der Waals surface area contributed by atoms with Crippen molar-refractivity contribution in [3.8, 4) is 5.75 Å². The number of amides is 1. The maximum absolute atomic E-state index is 11.7. The predicted octanol–water partition coefficient (Wildman–Crippen LogP) is 2.63. The summed E-state index contributed by atoms with van der Waals surface area (Å²) >= 11 is 5.92. The maximum atomic E-state index is 11.7. The highest BCUT2D eigenvalue weighted by molar-refractivity contribution is 6.32. The molecule has 0 aromatic heterocycles. The summed E-state index contributed by atoms with van der Waals surface area (Å²) < 4.78 is 5.32. The molecule has 0 saturated carbocycles. The summed E-state index contributed by atoms with van der Waals surface area (Å²) in [5.41, 5.74) is -0.909. The van der Waals surface area contributed by atoms with E-state index in [1.807, 2.05) is 13.8 Å². The highest BCUT2D eigenvalue weighted by Gasteiger charge is 2.22. The Morgan fingerprint density at radius 3 is 2.70 bits per heavy atom. The second-order valence-corrected chi connectivity index (χ2v) is 6.00. The van der Waals surface area contributed by atoms with Gasteiger partial charge < -0.3 is 15.2 Å². The third kappa shape index (κ3) is 6.26. The monoisotopic (exact) mass is 299 g/mol. The number of ether oxygens (including phenoxy) is 1. The van der Waals surface area contributed by atoms with Crippen molar-refractivity contribution in [1.82, 2.24) is 5.32 Å².